The molecule has 1 rings (SSSR count). The van der Waals surface area contributed by atoms with Crippen LogP contribution >= 0.6 is 0 Å². The zero-order valence-corrected chi connectivity index (χ0v) is 7.17. The van der Waals surface area contributed by atoms with Gasteiger partial charge in [-0.2, -0.15) is 5.26 Å². The van der Waals surface area contributed by atoms with Crippen molar-refractivity contribution in [2.75, 3.05) is 20.1 Å². The first-order valence-electron chi connectivity index (χ1n) is 4.05. The molecule has 0 spiro atoms. The monoisotopic (exact) mass is 153 g/mol. The van der Waals surface area contributed by atoms with E-state index < -0.39 is 0 Å². The Hall–Kier alpha value is -0.590. The molecule has 1 fully saturated rings. The Bertz CT molecular complexity index is 161. The highest BCUT2D eigenvalue weighted by atomic mass is 15.2. The van der Waals surface area contributed by atoms with Gasteiger partial charge in [0, 0.05) is 25.2 Å². The molecule has 3 heteroatoms. The number of piperazine rings is 1. The molecule has 3 nitrogen and oxygen atoms in total. The van der Waals surface area contributed by atoms with E-state index in [4.69, 9.17) is 5.26 Å². The van der Waals surface area contributed by atoms with Crippen LogP contribution in [0.2, 0.25) is 0 Å². The van der Waals surface area contributed by atoms with Crippen molar-refractivity contribution in [1.82, 2.24) is 10.2 Å². The number of likely N-dealkylation sites (N-methyl/N-ethyl adjacent to an activating group) is 1. The van der Waals surface area contributed by atoms with E-state index in [1.54, 1.807) is 0 Å². The number of nitrogens with zero attached hydrogens (tertiary/aromatic N) is 2. The summed E-state index contributed by atoms with van der Waals surface area (Å²) in [6.07, 6.45) is 0.633. The van der Waals surface area contributed by atoms with Gasteiger partial charge in [0.1, 0.15) is 0 Å². The largest absolute Gasteiger partial charge is 0.314 e. The van der Waals surface area contributed by atoms with E-state index in [1.165, 1.54) is 0 Å². The van der Waals surface area contributed by atoms with E-state index in [-0.39, 0.29) is 0 Å². The molecular formula is C8H15N3. The van der Waals surface area contributed by atoms with Crippen LogP contribution in [0.3, 0.4) is 0 Å². The highest BCUT2D eigenvalue weighted by molar-refractivity contribution is 4.88. The maximum absolute atomic E-state index is 8.52. The highest BCUT2D eigenvalue weighted by Crippen LogP contribution is 2.08. The molecule has 0 aliphatic carbocycles. The summed E-state index contributed by atoms with van der Waals surface area (Å²) in [5.41, 5.74) is 0. The first-order valence-corrected chi connectivity index (χ1v) is 4.05. The van der Waals surface area contributed by atoms with Gasteiger partial charge in [0.05, 0.1) is 12.5 Å². The molecule has 0 bridgehead atoms. The second-order valence-corrected chi connectivity index (χ2v) is 3.19. The SMILES string of the molecule is CC1CNCC(CC#N)N1C. The summed E-state index contributed by atoms with van der Waals surface area (Å²) < 4.78 is 0. The molecule has 0 radical (unpaired) electrons. The number of hydrogen-bond donors (Lipinski definition) is 1. The highest BCUT2D eigenvalue weighted by Gasteiger charge is 2.23. The van der Waals surface area contributed by atoms with Crippen LogP contribution in [-0.2, 0) is 0 Å². The van der Waals surface area contributed by atoms with Gasteiger partial charge in [0.2, 0.25) is 0 Å². The zero-order valence-electron chi connectivity index (χ0n) is 7.17. The van der Waals surface area contributed by atoms with Crippen molar-refractivity contribution >= 4 is 0 Å². The van der Waals surface area contributed by atoms with Crippen molar-refractivity contribution < 1.29 is 0 Å². The van der Waals surface area contributed by atoms with E-state index >= 15 is 0 Å². The molecule has 1 N–H and O–H groups in total. The van der Waals surface area contributed by atoms with Crippen LogP contribution in [0.5, 0.6) is 0 Å². The maximum atomic E-state index is 8.52. The third kappa shape index (κ3) is 1.92. The molecule has 1 heterocycles. The van der Waals surface area contributed by atoms with Crippen LogP contribution in [0.4, 0.5) is 0 Å². The molecule has 0 aromatic carbocycles. The molecular weight excluding hydrogens is 138 g/mol. The van der Waals surface area contributed by atoms with E-state index in [0.29, 0.717) is 18.5 Å². The van der Waals surface area contributed by atoms with Crippen molar-refractivity contribution in [2.45, 2.75) is 25.4 Å². The smallest absolute Gasteiger partial charge is 0.0638 e. The van der Waals surface area contributed by atoms with Gasteiger partial charge in [-0.05, 0) is 14.0 Å². The van der Waals surface area contributed by atoms with Crippen LogP contribution in [0.15, 0.2) is 0 Å². The topological polar surface area (TPSA) is 39.1 Å². The Morgan fingerprint density at radius 2 is 2.36 bits per heavy atom. The fourth-order valence-electron chi connectivity index (χ4n) is 1.43. The molecule has 1 aliphatic heterocycles. The third-order valence-corrected chi connectivity index (χ3v) is 2.42. The summed E-state index contributed by atoms with van der Waals surface area (Å²) in [5, 5.41) is 11.8. The summed E-state index contributed by atoms with van der Waals surface area (Å²) in [6, 6.07) is 3.17. The van der Waals surface area contributed by atoms with Crippen LogP contribution in [-0.4, -0.2) is 37.1 Å². The Kier molecular flexibility index (Phi) is 2.86. The van der Waals surface area contributed by atoms with Gasteiger partial charge in [0.15, 0.2) is 0 Å². The predicted molar refractivity (Wildman–Crippen MR) is 44.1 cm³/mol. The van der Waals surface area contributed by atoms with E-state index in [1.807, 2.05) is 0 Å². The fraction of sp³-hybridized carbons (Fsp3) is 0.875. The zero-order chi connectivity index (χ0) is 8.27. The Labute approximate surface area is 68.0 Å². The minimum atomic E-state index is 0.406. The fourth-order valence-corrected chi connectivity index (χ4v) is 1.43. The van der Waals surface area contributed by atoms with Crippen LogP contribution in [0.1, 0.15) is 13.3 Å². The second-order valence-electron chi connectivity index (χ2n) is 3.19. The molecule has 11 heavy (non-hydrogen) atoms. The van der Waals surface area contributed by atoms with Crippen molar-refractivity contribution in [3.8, 4) is 6.07 Å². The standard InChI is InChI=1S/C8H15N3/c1-7-5-10-6-8(3-4-9)11(7)2/h7-8,10H,3,5-6H2,1-2H3. The van der Waals surface area contributed by atoms with Crippen LogP contribution < -0.4 is 5.32 Å². The summed E-state index contributed by atoms with van der Waals surface area (Å²) in [6.45, 7) is 4.17. The van der Waals surface area contributed by atoms with Gasteiger partial charge in [0.25, 0.3) is 0 Å². The molecule has 1 saturated heterocycles. The molecule has 0 saturated carbocycles. The predicted octanol–water partition coefficient (Wildman–Crippen LogP) is 0.192. The van der Waals surface area contributed by atoms with Crippen molar-refractivity contribution in [3.63, 3.8) is 0 Å². The van der Waals surface area contributed by atoms with Crippen molar-refractivity contribution in [3.05, 3.63) is 0 Å². The first kappa shape index (κ1) is 8.51. The lowest BCUT2D eigenvalue weighted by Crippen LogP contribution is -2.54. The summed E-state index contributed by atoms with van der Waals surface area (Å²) in [5.74, 6) is 0. The van der Waals surface area contributed by atoms with Crippen LogP contribution in [0, 0.1) is 11.3 Å². The molecule has 0 amide bonds. The molecule has 2 atom stereocenters. The van der Waals surface area contributed by atoms with Crippen molar-refractivity contribution in [1.29, 1.82) is 5.26 Å². The van der Waals surface area contributed by atoms with Gasteiger partial charge in [-0.15, -0.1) is 0 Å². The average molecular weight is 153 g/mol. The summed E-state index contributed by atoms with van der Waals surface area (Å²) in [4.78, 5) is 2.28. The van der Waals surface area contributed by atoms with E-state index in [0.717, 1.165) is 13.1 Å². The van der Waals surface area contributed by atoms with Gasteiger partial charge >= 0.3 is 0 Å². The van der Waals surface area contributed by atoms with Crippen molar-refractivity contribution in [2.24, 2.45) is 0 Å². The minimum Gasteiger partial charge on any atom is -0.314 e. The molecule has 1 aliphatic rings. The number of rotatable bonds is 1. The first-order chi connectivity index (χ1) is 5.25. The molecule has 0 aromatic rings. The van der Waals surface area contributed by atoms with Gasteiger partial charge in [-0.25, -0.2) is 0 Å². The van der Waals surface area contributed by atoms with Gasteiger partial charge < -0.3 is 5.32 Å². The maximum Gasteiger partial charge on any atom is 0.0638 e. The van der Waals surface area contributed by atoms with E-state index in [2.05, 4.69) is 30.3 Å². The Balaban J connectivity index is 2.45. The lowest BCUT2D eigenvalue weighted by Gasteiger charge is -2.37. The average Bonchev–Trinajstić information content (AvgIpc) is 1.99. The normalized spacial score (nSPS) is 33.2. The number of hydrogen-bond acceptors (Lipinski definition) is 3. The number of nitrogens with one attached hydrogen (secondary N) is 1. The van der Waals surface area contributed by atoms with Crippen LogP contribution in [0.25, 0.3) is 0 Å². The Morgan fingerprint density at radius 1 is 1.64 bits per heavy atom. The van der Waals surface area contributed by atoms with Gasteiger partial charge in [-0.1, -0.05) is 0 Å². The second kappa shape index (κ2) is 3.70. The molecule has 62 valence electrons. The summed E-state index contributed by atoms with van der Waals surface area (Å²) >= 11 is 0. The number of nitriles is 1. The lowest BCUT2D eigenvalue weighted by molar-refractivity contribution is 0.143. The Morgan fingerprint density at radius 3 is 3.00 bits per heavy atom. The lowest BCUT2D eigenvalue weighted by atomic mass is 10.1. The third-order valence-electron chi connectivity index (χ3n) is 2.42. The quantitative estimate of drug-likeness (QED) is 0.584. The molecule has 2 unspecified atom stereocenters. The minimum absolute atomic E-state index is 0.406. The van der Waals surface area contributed by atoms with E-state index in [9.17, 15) is 0 Å². The molecule has 0 aromatic heterocycles. The summed E-state index contributed by atoms with van der Waals surface area (Å²) in [7, 11) is 2.09. The van der Waals surface area contributed by atoms with Gasteiger partial charge in [-0.3, -0.25) is 4.90 Å².